The molecule has 0 saturated carbocycles. The Morgan fingerprint density at radius 2 is 2.33 bits per heavy atom. The third-order valence-corrected chi connectivity index (χ3v) is 1.11. The Morgan fingerprint density at radius 1 is 1.67 bits per heavy atom. The molecule has 4 nitrogen and oxygen atoms in total. The van der Waals surface area contributed by atoms with E-state index >= 15 is 0 Å². The van der Waals surface area contributed by atoms with E-state index in [2.05, 4.69) is 17.3 Å². The van der Waals surface area contributed by atoms with E-state index < -0.39 is 0 Å². The van der Waals surface area contributed by atoms with Crippen molar-refractivity contribution in [3.05, 3.63) is 27.1 Å². The van der Waals surface area contributed by atoms with E-state index in [1.165, 1.54) is 12.1 Å². The van der Waals surface area contributed by atoms with Crippen molar-refractivity contribution in [3.63, 3.8) is 0 Å². The maximum Gasteiger partial charge on any atom is 0.265 e. The summed E-state index contributed by atoms with van der Waals surface area (Å²) in [5.74, 6) is 0. The van der Waals surface area contributed by atoms with Crippen LogP contribution in [0.5, 0.6) is 0 Å². The molecule has 1 rings (SSSR count). The second-order valence-electron chi connectivity index (χ2n) is 1.46. The third-order valence-electron chi connectivity index (χ3n) is 0.802. The predicted octanol–water partition coefficient (Wildman–Crippen LogP) is 0.143. The van der Waals surface area contributed by atoms with Gasteiger partial charge in [0.1, 0.15) is 0 Å². The highest BCUT2D eigenvalue weighted by atomic mass is 32.1. The van der Waals surface area contributed by atoms with Crippen molar-refractivity contribution < 1.29 is 5.21 Å². The molecule has 0 aliphatic carbocycles. The lowest BCUT2D eigenvalue weighted by Crippen LogP contribution is -2.12. The van der Waals surface area contributed by atoms with Gasteiger partial charge in [-0.2, -0.15) is 0 Å². The van der Waals surface area contributed by atoms with Crippen LogP contribution in [0.3, 0.4) is 0 Å². The van der Waals surface area contributed by atoms with Crippen molar-refractivity contribution in [2.24, 2.45) is 0 Å². The first-order valence-electron chi connectivity index (χ1n) is 2.22. The van der Waals surface area contributed by atoms with Crippen molar-refractivity contribution in [1.29, 1.82) is 0 Å². The fourth-order valence-corrected chi connectivity index (χ4v) is 0.528. The lowest BCUT2D eigenvalue weighted by molar-refractivity contribution is 0.137. The zero-order chi connectivity index (χ0) is 6.85. The van der Waals surface area contributed by atoms with E-state index in [-0.39, 0.29) is 10.2 Å². The van der Waals surface area contributed by atoms with Gasteiger partial charge in [-0.15, -0.1) is 4.85 Å². The van der Waals surface area contributed by atoms with Gasteiger partial charge in [-0.1, -0.05) is 12.2 Å². The molecule has 1 heterocycles. The number of aromatic amines is 1. The molecular formula is C4H4N2O2S. The molecule has 0 aliphatic heterocycles. The molecule has 0 bridgehead atoms. The van der Waals surface area contributed by atoms with E-state index in [4.69, 9.17) is 5.21 Å². The number of rotatable bonds is 0. The van der Waals surface area contributed by atoms with Gasteiger partial charge in [0.2, 0.25) is 0 Å². The average Bonchev–Trinajstić information content (AvgIpc) is 1.80. The minimum atomic E-state index is -0.383. The lowest BCUT2D eigenvalue weighted by Gasteiger charge is -1.91. The first kappa shape index (κ1) is 6.03. The van der Waals surface area contributed by atoms with Crippen LogP contribution in [-0.2, 0) is 0 Å². The van der Waals surface area contributed by atoms with Crippen molar-refractivity contribution in [2.75, 3.05) is 0 Å². The fourth-order valence-electron chi connectivity index (χ4n) is 0.414. The summed E-state index contributed by atoms with van der Waals surface area (Å²) in [6, 6.07) is 2.59. The molecule has 0 aliphatic rings. The second-order valence-corrected chi connectivity index (χ2v) is 1.88. The molecule has 0 aromatic carbocycles. The van der Waals surface area contributed by atoms with Crippen LogP contribution in [0.15, 0.2) is 16.9 Å². The van der Waals surface area contributed by atoms with Gasteiger partial charge >= 0.3 is 0 Å². The standard InChI is InChI=1S/C4H4N2O2S/c7-3-1-2-4(9)6(8)5-3/h1-2,8H,(H,5,7). The van der Waals surface area contributed by atoms with E-state index in [0.717, 1.165) is 0 Å². The van der Waals surface area contributed by atoms with Crippen LogP contribution in [-0.4, -0.2) is 15.2 Å². The lowest BCUT2D eigenvalue weighted by atomic mass is 10.6. The van der Waals surface area contributed by atoms with Crippen molar-refractivity contribution in [3.8, 4) is 0 Å². The summed E-state index contributed by atoms with van der Waals surface area (Å²) in [6.45, 7) is 0. The number of hydrogen-bond acceptors (Lipinski definition) is 3. The molecule has 0 unspecified atom stereocenters. The normalized spacial score (nSPS) is 9.33. The van der Waals surface area contributed by atoms with Crippen LogP contribution >= 0.6 is 12.2 Å². The van der Waals surface area contributed by atoms with Crippen molar-refractivity contribution in [1.82, 2.24) is 9.94 Å². The molecule has 9 heavy (non-hydrogen) atoms. The Labute approximate surface area is 55.3 Å². The smallest absolute Gasteiger partial charge is 0.265 e. The molecule has 1 aromatic heterocycles. The van der Waals surface area contributed by atoms with Crippen LogP contribution in [0.4, 0.5) is 0 Å². The highest BCUT2D eigenvalue weighted by Crippen LogP contribution is 1.78. The topological polar surface area (TPSA) is 58.0 Å². The molecule has 0 fully saturated rings. The molecule has 0 saturated heterocycles. The molecule has 1 aromatic rings. The summed E-state index contributed by atoms with van der Waals surface area (Å²) < 4.78 is 0.176. The number of hydrogen-bond donors (Lipinski definition) is 2. The first-order chi connectivity index (χ1) is 4.20. The quantitative estimate of drug-likeness (QED) is 0.402. The largest absolute Gasteiger partial charge is 0.412 e. The Hall–Kier alpha value is -1.10. The Bertz CT molecular complexity index is 313. The van der Waals surface area contributed by atoms with Gasteiger partial charge in [-0.3, -0.25) is 4.79 Å². The van der Waals surface area contributed by atoms with E-state index in [9.17, 15) is 4.79 Å². The molecule has 2 N–H and O–H groups in total. The fraction of sp³-hybridized carbons (Fsp3) is 0. The zero-order valence-corrected chi connectivity index (χ0v) is 5.18. The molecule has 0 atom stereocenters. The molecule has 0 spiro atoms. The van der Waals surface area contributed by atoms with Gasteiger partial charge in [0.25, 0.3) is 5.56 Å². The Kier molecular flexibility index (Phi) is 1.35. The van der Waals surface area contributed by atoms with Gasteiger partial charge in [0.15, 0.2) is 4.64 Å². The zero-order valence-electron chi connectivity index (χ0n) is 4.37. The molecular weight excluding hydrogens is 140 g/mol. The van der Waals surface area contributed by atoms with Crippen LogP contribution < -0.4 is 5.56 Å². The minimum Gasteiger partial charge on any atom is -0.412 e. The molecule has 0 amide bonds. The molecule has 48 valence electrons. The van der Waals surface area contributed by atoms with Crippen LogP contribution in [0.1, 0.15) is 0 Å². The Balaban J connectivity index is 3.52. The monoisotopic (exact) mass is 144 g/mol. The van der Waals surface area contributed by atoms with E-state index in [0.29, 0.717) is 4.85 Å². The summed E-state index contributed by atoms with van der Waals surface area (Å²) in [4.78, 5) is 10.9. The number of H-pyrrole nitrogens is 1. The summed E-state index contributed by atoms with van der Waals surface area (Å²) in [5, 5.41) is 10.7. The van der Waals surface area contributed by atoms with Gasteiger partial charge in [0, 0.05) is 6.07 Å². The van der Waals surface area contributed by atoms with E-state index in [1.807, 2.05) is 0 Å². The summed E-state index contributed by atoms with van der Waals surface area (Å²) in [7, 11) is 0. The second kappa shape index (κ2) is 2.02. The highest BCUT2D eigenvalue weighted by Gasteiger charge is 1.84. The van der Waals surface area contributed by atoms with Crippen molar-refractivity contribution >= 4 is 12.2 Å². The Morgan fingerprint density at radius 3 is 2.78 bits per heavy atom. The first-order valence-corrected chi connectivity index (χ1v) is 2.62. The third kappa shape index (κ3) is 1.17. The highest BCUT2D eigenvalue weighted by molar-refractivity contribution is 7.71. The van der Waals surface area contributed by atoms with Crippen LogP contribution in [0.2, 0.25) is 0 Å². The maximum absolute atomic E-state index is 10.4. The minimum absolute atomic E-state index is 0.176. The van der Waals surface area contributed by atoms with Crippen LogP contribution in [0.25, 0.3) is 0 Å². The van der Waals surface area contributed by atoms with E-state index in [1.54, 1.807) is 0 Å². The molecule has 0 radical (unpaired) electrons. The number of nitrogens with one attached hydrogen (secondary N) is 1. The van der Waals surface area contributed by atoms with Gasteiger partial charge in [0.05, 0.1) is 0 Å². The van der Waals surface area contributed by atoms with Gasteiger partial charge in [-0.05, 0) is 6.07 Å². The maximum atomic E-state index is 10.4. The SMILES string of the molecule is O=c1ccc(=S)n(O)[nH]1. The predicted molar refractivity (Wildman–Crippen MR) is 33.1 cm³/mol. The summed E-state index contributed by atoms with van der Waals surface area (Å²) in [5.41, 5.74) is -0.383. The number of nitrogens with zero attached hydrogens (tertiary/aromatic N) is 1. The summed E-state index contributed by atoms with van der Waals surface area (Å²) in [6.07, 6.45) is 0. The molecule has 5 heteroatoms. The average molecular weight is 144 g/mol. The van der Waals surface area contributed by atoms with Crippen LogP contribution in [0, 0.1) is 4.64 Å². The van der Waals surface area contributed by atoms with Crippen molar-refractivity contribution in [2.45, 2.75) is 0 Å². The summed E-state index contributed by atoms with van der Waals surface area (Å²) >= 11 is 4.56. The van der Waals surface area contributed by atoms with Gasteiger partial charge in [-0.25, -0.2) is 5.10 Å². The van der Waals surface area contributed by atoms with Gasteiger partial charge < -0.3 is 5.21 Å². The number of aromatic nitrogens is 2.